The number of carbonyl (C=O) groups is 1. The van der Waals surface area contributed by atoms with Crippen LogP contribution in [-0.2, 0) is 4.74 Å². The molecule has 0 aliphatic rings. The normalized spacial score (nSPS) is 11.2. The van der Waals surface area contributed by atoms with Crippen molar-refractivity contribution >= 4 is 12.3 Å². The largest absolute Gasteiger partial charge is 0.497 e. The van der Waals surface area contributed by atoms with Crippen molar-refractivity contribution in [2.75, 3.05) is 14.2 Å². The van der Waals surface area contributed by atoms with Gasteiger partial charge in [-0.25, -0.2) is 10.2 Å². The van der Waals surface area contributed by atoms with Crippen LogP contribution in [0.2, 0.25) is 0 Å². The molecule has 0 heterocycles. The summed E-state index contributed by atoms with van der Waals surface area (Å²) in [7, 11) is 3.13. The second-order valence-corrected chi connectivity index (χ2v) is 5.02. The predicted molar refractivity (Wildman–Crippen MR) is 76.5 cm³/mol. The summed E-state index contributed by atoms with van der Waals surface area (Å²) in [6.07, 6.45) is 0.873. The monoisotopic (exact) mass is 280 g/mol. The minimum Gasteiger partial charge on any atom is -0.497 e. The molecule has 0 atom stereocenters. The van der Waals surface area contributed by atoms with Crippen LogP contribution in [0.4, 0.5) is 4.79 Å². The van der Waals surface area contributed by atoms with Crippen molar-refractivity contribution in [2.24, 2.45) is 5.10 Å². The number of carbonyl (C=O) groups excluding carboxylic acids is 1. The van der Waals surface area contributed by atoms with Crippen LogP contribution in [0.3, 0.4) is 0 Å². The molecule has 6 nitrogen and oxygen atoms in total. The maximum atomic E-state index is 11.4. The van der Waals surface area contributed by atoms with E-state index in [0.29, 0.717) is 11.5 Å². The zero-order valence-electron chi connectivity index (χ0n) is 12.4. The zero-order valence-corrected chi connectivity index (χ0v) is 12.4. The standard InChI is InChI=1S/C14H20N2O4/c1-14(2,3)20-13(17)16-15-9-10-6-11(18-4)8-12(7-10)19-5/h6-9H,1-5H3,(H,16,17)/b15-9+. The molecule has 0 aliphatic carbocycles. The lowest BCUT2D eigenvalue weighted by Crippen LogP contribution is -2.29. The Morgan fingerprint density at radius 1 is 1.15 bits per heavy atom. The zero-order chi connectivity index (χ0) is 15.2. The Hall–Kier alpha value is -2.24. The molecule has 0 saturated heterocycles. The maximum Gasteiger partial charge on any atom is 0.428 e. The first-order valence-electron chi connectivity index (χ1n) is 6.09. The Labute approximate surface area is 118 Å². The number of amides is 1. The highest BCUT2D eigenvalue weighted by atomic mass is 16.6. The predicted octanol–water partition coefficient (Wildman–Crippen LogP) is 2.56. The van der Waals surface area contributed by atoms with Gasteiger partial charge >= 0.3 is 6.09 Å². The molecule has 0 spiro atoms. The molecule has 0 saturated carbocycles. The first kappa shape index (κ1) is 15.8. The van der Waals surface area contributed by atoms with Gasteiger partial charge in [0.2, 0.25) is 0 Å². The topological polar surface area (TPSA) is 69.2 Å². The molecular weight excluding hydrogens is 260 g/mol. The fourth-order valence-electron chi connectivity index (χ4n) is 1.36. The average molecular weight is 280 g/mol. The second kappa shape index (κ2) is 6.79. The summed E-state index contributed by atoms with van der Waals surface area (Å²) in [6.45, 7) is 5.34. The van der Waals surface area contributed by atoms with Crippen LogP contribution in [-0.4, -0.2) is 32.1 Å². The van der Waals surface area contributed by atoms with E-state index in [0.717, 1.165) is 5.56 Å². The molecule has 0 fully saturated rings. The van der Waals surface area contributed by atoms with Gasteiger partial charge in [-0.2, -0.15) is 5.10 Å². The fraction of sp³-hybridized carbons (Fsp3) is 0.429. The van der Waals surface area contributed by atoms with E-state index >= 15 is 0 Å². The van der Waals surface area contributed by atoms with Gasteiger partial charge < -0.3 is 14.2 Å². The Morgan fingerprint density at radius 3 is 2.15 bits per heavy atom. The second-order valence-electron chi connectivity index (χ2n) is 5.02. The van der Waals surface area contributed by atoms with E-state index in [1.54, 1.807) is 53.2 Å². The number of hydrazone groups is 1. The van der Waals surface area contributed by atoms with Gasteiger partial charge in [0.15, 0.2) is 0 Å². The van der Waals surface area contributed by atoms with Crippen LogP contribution < -0.4 is 14.9 Å². The molecule has 1 aromatic rings. The van der Waals surface area contributed by atoms with E-state index in [-0.39, 0.29) is 0 Å². The molecule has 6 heteroatoms. The Balaban J connectivity index is 2.68. The number of rotatable bonds is 4. The van der Waals surface area contributed by atoms with Crippen molar-refractivity contribution in [2.45, 2.75) is 26.4 Å². The smallest absolute Gasteiger partial charge is 0.428 e. The molecule has 110 valence electrons. The van der Waals surface area contributed by atoms with Crippen molar-refractivity contribution in [3.8, 4) is 11.5 Å². The summed E-state index contributed by atoms with van der Waals surface area (Å²) in [5.41, 5.74) is 2.47. The Bertz CT molecular complexity index is 470. The fourth-order valence-corrected chi connectivity index (χ4v) is 1.36. The third kappa shape index (κ3) is 5.60. The molecule has 0 aliphatic heterocycles. The quantitative estimate of drug-likeness (QED) is 0.679. The van der Waals surface area contributed by atoms with Crippen molar-refractivity contribution in [1.29, 1.82) is 0 Å². The van der Waals surface area contributed by atoms with E-state index in [4.69, 9.17) is 14.2 Å². The van der Waals surface area contributed by atoms with Crippen molar-refractivity contribution in [3.05, 3.63) is 23.8 Å². The van der Waals surface area contributed by atoms with Crippen LogP contribution >= 0.6 is 0 Å². The lowest BCUT2D eigenvalue weighted by Gasteiger charge is -2.18. The summed E-state index contributed by atoms with van der Waals surface area (Å²) in [4.78, 5) is 11.4. The van der Waals surface area contributed by atoms with E-state index in [1.165, 1.54) is 6.21 Å². The molecule has 20 heavy (non-hydrogen) atoms. The summed E-state index contributed by atoms with van der Waals surface area (Å²) in [6, 6.07) is 5.28. The number of methoxy groups -OCH3 is 2. The molecule has 0 aromatic heterocycles. The van der Waals surface area contributed by atoms with Crippen LogP contribution in [0.15, 0.2) is 23.3 Å². The third-order valence-corrected chi connectivity index (χ3v) is 2.14. The Morgan fingerprint density at radius 2 is 1.70 bits per heavy atom. The molecular formula is C14H20N2O4. The van der Waals surface area contributed by atoms with Gasteiger partial charge in [0.1, 0.15) is 17.1 Å². The minimum atomic E-state index is -0.608. The van der Waals surface area contributed by atoms with Crippen molar-refractivity contribution in [1.82, 2.24) is 5.43 Å². The summed E-state index contributed by atoms with van der Waals surface area (Å²) < 4.78 is 15.3. The summed E-state index contributed by atoms with van der Waals surface area (Å²) in [5.74, 6) is 1.28. The molecule has 1 amide bonds. The summed E-state index contributed by atoms with van der Waals surface area (Å²) in [5, 5.41) is 3.82. The first-order valence-corrected chi connectivity index (χ1v) is 6.09. The van der Waals surface area contributed by atoms with Crippen molar-refractivity contribution in [3.63, 3.8) is 0 Å². The van der Waals surface area contributed by atoms with Crippen LogP contribution in [0, 0.1) is 0 Å². The highest BCUT2D eigenvalue weighted by Crippen LogP contribution is 2.21. The van der Waals surface area contributed by atoms with E-state index in [2.05, 4.69) is 10.5 Å². The highest BCUT2D eigenvalue weighted by molar-refractivity contribution is 5.82. The number of hydrogen-bond acceptors (Lipinski definition) is 5. The van der Waals surface area contributed by atoms with Gasteiger partial charge in [0, 0.05) is 11.6 Å². The third-order valence-electron chi connectivity index (χ3n) is 2.14. The molecule has 0 unspecified atom stereocenters. The maximum absolute atomic E-state index is 11.4. The first-order chi connectivity index (χ1) is 9.34. The van der Waals surface area contributed by atoms with Crippen LogP contribution in [0.5, 0.6) is 11.5 Å². The van der Waals surface area contributed by atoms with Gasteiger partial charge in [-0.15, -0.1) is 0 Å². The molecule has 1 N–H and O–H groups in total. The van der Waals surface area contributed by atoms with Gasteiger partial charge in [-0.05, 0) is 32.9 Å². The van der Waals surface area contributed by atoms with E-state index in [1.807, 2.05) is 0 Å². The van der Waals surface area contributed by atoms with E-state index < -0.39 is 11.7 Å². The van der Waals surface area contributed by atoms with Gasteiger partial charge in [0.25, 0.3) is 0 Å². The van der Waals surface area contributed by atoms with Gasteiger partial charge in [0.05, 0.1) is 20.4 Å². The van der Waals surface area contributed by atoms with Gasteiger partial charge in [-0.3, -0.25) is 0 Å². The van der Waals surface area contributed by atoms with Crippen LogP contribution in [0.1, 0.15) is 26.3 Å². The number of nitrogens with zero attached hydrogens (tertiary/aromatic N) is 1. The number of benzene rings is 1. The molecule has 0 radical (unpaired) electrons. The molecule has 1 rings (SSSR count). The number of hydrogen-bond donors (Lipinski definition) is 1. The lowest BCUT2D eigenvalue weighted by molar-refractivity contribution is 0.0529. The molecule has 0 bridgehead atoms. The average Bonchev–Trinajstić information content (AvgIpc) is 2.36. The van der Waals surface area contributed by atoms with Gasteiger partial charge in [-0.1, -0.05) is 0 Å². The highest BCUT2D eigenvalue weighted by Gasteiger charge is 2.15. The molecule has 1 aromatic carbocycles. The van der Waals surface area contributed by atoms with Crippen molar-refractivity contribution < 1.29 is 19.0 Å². The lowest BCUT2D eigenvalue weighted by atomic mass is 10.2. The Kier molecular flexibility index (Phi) is 5.37. The van der Waals surface area contributed by atoms with Crippen LogP contribution in [0.25, 0.3) is 0 Å². The van der Waals surface area contributed by atoms with E-state index in [9.17, 15) is 4.79 Å². The SMILES string of the molecule is COc1cc(/C=N/NC(=O)OC(C)(C)C)cc(OC)c1. The number of ether oxygens (including phenoxy) is 3. The summed E-state index contributed by atoms with van der Waals surface area (Å²) >= 11 is 0. The minimum absolute atomic E-state index is 0.557. The number of nitrogens with one attached hydrogen (secondary N) is 1.